The van der Waals surface area contributed by atoms with E-state index in [1.54, 1.807) is 0 Å². The maximum Gasteiger partial charge on any atom is 0.331 e. The third kappa shape index (κ3) is 9.60. The summed E-state index contributed by atoms with van der Waals surface area (Å²) in [6, 6.07) is 8.41. The molecule has 3 atom stereocenters. The first kappa shape index (κ1) is 25.4. The molecule has 3 nitrogen and oxygen atoms in total. The Balaban J connectivity index is 2.61. The van der Waals surface area contributed by atoms with Crippen molar-refractivity contribution in [2.24, 2.45) is 22.7 Å². The highest BCUT2D eigenvalue weighted by Crippen LogP contribution is 2.18. The van der Waals surface area contributed by atoms with E-state index in [1.165, 1.54) is 24.0 Å². The van der Waals surface area contributed by atoms with Gasteiger partial charge in [0.25, 0.3) is 0 Å². The van der Waals surface area contributed by atoms with Gasteiger partial charge in [-0.25, -0.2) is 4.79 Å². The average Bonchev–Trinajstić information content (AvgIpc) is 2.68. The molecule has 0 aliphatic rings. The number of benzene rings is 1. The van der Waals surface area contributed by atoms with Crippen molar-refractivity contribution in [3.05, 3.63) is 35.4 Å². The number of hydrogen-bond donors (Lipinski definition) is 0. The lowest BCUT2D eigenvalue weighted by Crippen LogP contribution is -2.29. The van der Waals surface area contributed by atoms with Gasteiger partial charge < -0.3 is 4.74 Å². The van der Waals surface area contributed by atoms with Gasteiger partial charge in [0, 0.05) is 6.21 Å². The van der Waals surface area contributed by atoms with Crippen LogP contribution in [0, 0.1) is 17.8 Å². The normalized spacial score (nSPS) is 15.1. The van der Waals surface area contributed by atoms with Crippen LogP contribution in [0.15, 0.2) is 29.3 Å². The van der Waals surface area contributed by atoms with Crippen LogP contribution < -0.4 is 0 Å². The molecule has 0 aromatic heterocycles. The minimum absolute atomic E-state index is 0.131. The second-order valence-corrected chi connectivity index (χ2v) is 9.11. The van der Waals surface area contributed by atoms with Crippen LogP contribution in [-0.2, 0) is 16.0 Å². The van der Waals surface area contributed by atoms with Crippen LogP contribution in [0.25, 0.3) is 0 Å². The molecule has 0 heterocycles. The zero-order chi connectivity index (χ0) is 21.8. The summed E-state index contributed by atoms with van der Waals surface area (Å²) >= 11 is 0. The van der Waals surface area contributed by atoms with Crippen LogP contribution in [0.3, 0.4) is 0 Å². The number of rotatable bonds is 13. The Hall–Kier alpha value is -1.64. The van der Waals surface area contributed by atoms with Gasteiger partial charge in [0.15, 0.2) is 0 Å². The van der Waals surface area contributed by atoms with Gasteiger partial charge in [-0.15, -0.1) is 0 Å². The fraction of sp³-hybridized carbons (Fsp3) is 0.692. The van der Waals surface area contributed by atoms with E-state index in [-0.39, 0.29) is 17.8 Å². The Labute approximate surface area is 179 Å². The Morgan fingerprint density at radius 1 is 1.07 bits per heavy atom. The lowest BCUT2D eigenvalue weighted by molar-refractivity contribution is -0.147. The maximum absolute atomic E-state index is 12.6. The Kier molecular flexibility index (Phi) is 11.9. The molecule has 1 aromatic carbocycles. The van der Waals surface area contributed by atoms with Crippen LogP contribution in [-0.4, -0.2) is 24.8 Å². The van der Waals surface area contributed by atoms with Crippen LogP contribution in [0.5, 0.6) is 0 Å². The molecular formula is C26H43NO2. The third-order valence-electron chi connectivity index (χ3n) is 5.58. The van der Waals surface area contributed by atoms with Gasteiger partial charge in [0.05, 0.1) is 6.61 Å². The molecule has 3 heteroatoms. The molecule has 1 rings (SSSR count). The number of aliphatic imine (C=N–C) groups is 1. The fourth-order valence-electron chi connectivity index (χ4n) is 3.39. The average molecular weight is 402 g/mol. The number of ether oxygens (including phenoxy) is 1. The number of nitrogens with zero attached hydrogens (tertiary/aromatic N) is 1. The van der Waals surface area contributed by atoms with Crippen molar-refractivity contribution in [1.82, 2.24) is 0 Å². The van der Waals surface area contributed by atoms with E-state index in [4.69, 9.17) is 4.74 Å². The zero-order valence-corrected chi connectivity index (χ0v) is 19.8. The number of hydrogen-bond acceptors (Lipinski definition) is 3. The van der Waals surface area contributed by atoms with Crippen molar-refractivity contribution in [3.8, 4) is 0 Å². The predicted octanol–water partition coefficient (Wildman–Crippen LogP) is 6.84. The molecular weight excluding hydrogens is 358 g/mol. The van der Waals surface area contributed by atoms with Crippen molar-refractivity contribution >= 4 is 12.2 Å². The molecule has 3 unspecified atom stereocenters. The molecule has 0 spiro atoms. The SMILES string of the molecule is CCCCC(CC)COC(=O)C(N=CC(C)Cc1ccc(C(C)C)cc1)C(C)C. The van der Waals surface area contributed by atoms with Gasteiger partial charge in [-0.2, -0.15) is 0 Å². The van der Waals surface area contributed by atoms with Gasteiger partial charge in [-0.3, -0.25) is 4.99 Å². The summed E-state index contributed by atoms with van der Waals surface area (Å²) in [5, 5.41) is 0. The van der Waals surface area contributed by atoms with Crippen LogP contribution >= 0.6 is 0 Å². The van der Waals surface area contributed by atoms with Gasteiger partial charge in [-0.05, 0) is 47.6 Å². The summed E-state index contributed by atoms with van der Waals surface area (Å²) in [5.41, 5.74) is 2.67. The Morgan fingerprint density at radius 2 is 1.72 bits per heavy atom. The molecule has 0 aliphatic heterocycles. The summed E-state index contributed by atoms with van der Waals surface area (Å²) in [5.74, 6) is 1.24. The quantitative estimate of drug-likeness (QED) is 0.268. The first-order chi connectivity index (χ1) is 13.8. The minimum Gasteiger partial charge on any atom is -0.464 e. The first-order valence-corrected chi connectivity index (χ1v) is 11.6. The summed E-state index contributed by atoms with van der Waals surface area (Å²) in [4.78, 5) is 17.2. The van der Waals surface area contributed by atoms with E-state index in [0.717, 1.165) is 19.3 Å². The molecule has 1 aromatic rings. The molecule has 164 valence electrons. The molecule has 0 aliphatic carbocycles. The first-order valence-electron chi connectivity index (χ1n) is 11.6. The molecule has 0 saturated heterocycles. The van der Waals surface area contributed by atoms with E-state index in [0.29, 0.717) is 18.4 Å². The highest BCUT2D eigenvalue weighted by Gasteiger charge is 2.23. The second-order valence-electron chi connectivity index (χ2n) is 9.11. The van der Waals surface area contributed by atoms with Crippen molar-refractivity contribution in [3.63, 3.8) is 0 Å². The van der Waals surface area contributed by atoms with Gasteiger partial charge >= 0.3 is 5.97 Å². The van der Waals surface area contributed by atoms with Crippen molar-refractivity contribution in [2.75, 3.05) is 6.61 Å². The fourth-order valence-corrected chi connectivity index (χ4v) is 3.39. The predicted molar refractivity (Wildman–Crippen MR) is 125 cm³/mol. The van der Waals surface area contributed by atoms with Gasteiger partial charge in [0.2, 0.25) is 0 Å². The molecule has 0 bridgehead atoms. The summed E-state index contributed by atoms with van der Waals surface area (Å²) in [6.07, 6.45) is 7.42. The Bertz CT molecular complexity index is 604. The second kappa shape index (κ2) is 13.6. The van der Waals surface area contributed by atoms with E-state index < -0.39 is 6.04 Å². The van der Waals surface area contributed by atoms with Crippen molar-refractivity contribution in [1.29, 1.82) is 0 Å². The summed E-state index contributed by atoms with van der Waals surface area (Å²) < 4.78 is 5.65. The molecule has 0 N–H and O–H groups in total. The highest BCUT2D eigenvalue weighted by molar-refractivity contribution is 5.78. The molecule has 29 heavy (non-hydrogen) atoms. The topological polar surface area (TPSA) is 38.7 Å². The van der Waals surface area contributed by atoms with E-state index >= 15 is 0 Å². The van der Waals surface area contributed by atoms with Crippen molar-refractivity contribution in [2.45, 2.75) is 92.5 Å². The number of carbonyl (C=O) groups excluding carboxylic acids is 1. The van der Waals surface area contributed by atoms with E-state index in [2.05, 4.69) is 63.9 Å². The lowest BCUT2D eigenvalue weighted by Gasteiger charge is -2.19. The highest BCUT2D eigenvalue weighted by atomic mass is 16.5. The maximum atomic E-state index is 12.6. The standard InChI is InChI=1S/C26H43NO2/c1-8-10-11-22(9-2)18-29-26(28)25(20(5)6)27-17-21(7)16-23-12-14-24(15-13-23)19(3)4/h12-15,17,19-22,25H,8-11,16,18H2,1-7H3. The molecule has 0 saturated carbocycles. The largest absolute Gasteiger partial charge is 0.464 e. The third-order valence-corrected chi connectivity index (χ3v) is 5.58. The zero-order valence-electron chi connectivity index (χ0n) is 19.8. The van der Waals surface area contributed by atoms with Crippen LogP contribution in [0.2, 0.25) is 0 Å². The monoisotopic (exact) mass is 401 g/mol. The van der Waals surface area contributed by atoms with Gasteiger partial charge in [0.1, 0.15) is 6.04 Å². The van der Waals surface area contributed by atoms with Crippen LogP contribution in [0.1, 0.15) is 91.2 Å². The summed E-state index contributed by atoms with van der Waals surface area (Å²) in [7, 11) is 0. The molecule has 0 radical (unpaired) electrons. The number of unbranched alkanes of at least 4 members (excludes halogenated alkanes) is 1. The lowest BCUT2D eigenvalue weighted by atomic mass is 9.97. The summed E-state index contributed by atoms with van der Waals surface area (Å²) in [6.45, 7) is 15.5. The Morgan fingerprint density at radius 3 is 2.24 bits per heavy atom. The number of esters is 1. The van der Waals surface area contributed by atoms with E-state index in [9.17, 15) is 4.79 Å². The van der Waals surface area contributed by atoms with Crippen molar-refractivity contribution < 1.29 is 9.53 Å². The van der Waals surface area contributed by atoms with Gasteiger partial charge in [-0.1, -0.05) is 92.0 Å². The van der Waals surface area contributed by atoms with Crippen LogP contribution in [0.4, 0.5) is 0 Å². The van der Waals surface area contributed by atoms with E-state index in [1.807, 2.05) is 20.1 Å². The smallest absolute Gasteiger partial charge is 0.331 e. The molecule has 0 fully saturated rings. The number of carbonyl (C=O) groups is 1. The molecule has 0 amide bonds. The minimum atomic E-state index is -0.413.